The molecule has 0 aromatic heterocycles. The zero-order chi connectivity index (χ0) is 17.7. The van der Waals surface area contributed by atoms with Crippen molar-refractivity contribution in [1.82, 2.24) is 5.43 Å². The highest BCUT2D eigenvalue weighted by atomic mass is 35.5. The van der Waals surface area contributed by atoms with Gasteiger partial charge < -0.3 is 5.32 Å². The molecule has 0 aliphatic heterocycles. The van der Waals surface area contributed by atoms with Crippen LogP contribution in [0.4, 0.5) is 5.69 Å². The molecule has 1 saturated carbocycles. The Morgan fingerprint density at radius 3 is 2.33 bits per heavy atom. The van der Waals surface area contributed by atoms with E-state index in [1.165, 1.54) is 0 Å². The topological polar surface area (TPSA) is 70.6 Å². The summed E-state index contributed by atoms with van der Waals surface area (Å²) in [5.41, 5.74) is 3.97. The first kappa shape index (κ1) is 18.5. The molecule has 2 N–H and O–H groups in total. The summed E-state index contributed by atoms with van der Waals surface area (Å²) in [5, 5.41) is 6.96. The first-order valence-corrected chi connectivity index (χ1v) is 8.56. The molecule has 5 nitrogen and oxygen atoms in total. The summed E-state index contributed by atoms with van der Waals surface area (Å²) in [6.07, 6.45) is 3.83. The average molecular weight is 350 g/mol. The lowest BCUT2D eigenvalue weighted by Crippen LogP contribution is -2.34. The highest BCUT2D eigenvalue weighted by molar-refractivity contribution is 6.41. The van der Waals surface area contributed by atoms with Gasteiger partial charge in [-0.25, -0.2) is 5.43 Å². The van der Waals surface area contributed by atoms with Crippen molar-refractivity contribution < 1.29 is 9.59 Å². The van der Waals surface area contributed by atoms with Gasteiger partial charge >= 0.3 is 11.8 Å². The van der Waals surface area contributed by atoms with Gasteiger partial charge in [0.05, 0.1) is 10.7 Å². The summed E-state index contributed by atoms with van der Waals surface area (Å²) in [4.78, 5) is 23.7. The molecule has 1 aromatic rings. The molecule has 0 radical (unpaired) electrons. The molecule has 1 fully saturated rings. The molecule has 0 heterocycles. The number of amides is 2. The first-order chi connectivity index (χ1) is 11.3. The van der Waals surface area contributed by atoms with Crippen LogP contribution in [0.1, 0.15) is 46.5 Å². The fourth-order valence-electron chi connectivity index (χ4n) is 2.85. The number of nitrogens with one attached hydrogen (secondary N) is 2. The maximum atomic E-state index is 11.9. The van der Waals surface area contributed by atoms with Gasteiger partial charge in [0, 0.05) is 5.71 Å². The molecule has 0 spiro atoms. The van der Waals surface area contributed by atoms with Crippen LogP contribution in [0.15, 0.2) is 29.4 Å². The van der Waals surface area contributed by atoms with Crippen molar-refractivity contribution in [1.29, 1.82) is 0 Å². The molecule has 1 aliphatic carbocycles. The number of benzene rings is 1. The number of hydrogen-bond acceptors (Lipinski definition) is 3. The summed E-state index contributed by atoms with van der Waals surface area (Å²) < 4.78 is 0. The molecule has 130 valence electrons. The van der Waals surface area contributed by atoms with Gasteiger partial charge in [0.25, 0.3) is 0 Å². The number of carbonyl (C=O) groups excluding carboxylic acids is 2. The first-order valence-electron chi connectivity index (χ1n) is 8.18. The Kier molecular flexibility index (Phi) is 5.99. The lowest BCUT2D eigenvalue weighted by Gasteiger charge is -2.34. The van der Waals surface area contributed by atoms with Gasteiger partial charge in [-0.1, -0.05) is 44.5 Å². The van der Waals surface area contributed by atoms with Crippen molar-refractivity contribution in [3.8, 4) is 0 Å². The molecule has 24 heavy (non-hydrogen) atoms. The molecular weight excluding hydrogens is 326 g/mol. The molecule has 1 aliphatic rings. The molecule has 2 amide bonds. The summed E-state index contributed by atoms with van der Waals surface area (Å²) in [5.74, 6) is -0.910. The monoisotopic (exact) mass is 349 g/mol. The Hall–Kier alpha value is -1.88. The van der Waals surface area contributed by atoms with E-state index in [1.54, 1.807) is 24.3 Å². The van der Waals surface area contributed by atoms with E-state index >= 15 is 0 Å². The summed E-state index contributed by atoms with van der Waals surface area (Å²) in [7, 11) is 0. The van der Waals surface area contributed by atoms with E-state index in [9.17, 15) is 9.59 Å². The smallest absolute Gasteiger partial charge is 0.316 e. The molecular formula is C18H24ClN3O2. The number of halogens is 1. The molecule has 0 atom stereocenters. The second kappa shape index (κ2) is 7.79. The maximum absolute atomic E-state index is 11.9. The van der Waals surface area contributed by atoms with E-state index in [0.717, 1.165) is 31.4 Å². The lowest BCUT2D eigenvalue weighted by molar-refractivity contribution is -0.136. The minimum Gasteiger partial charge on any atom is -0.316 e. The fraction of sp³-hybridized carbons (Fsp3) is 0.500. The second-order valence-electron chi connectivity index (χ2n) is 7.19. The van der Waals surface area contributed by atoms with Crippen LogP contribution in [-0.2, 0) is 9.59 Å². The minimum absolute atomic E-state index is 0.295. The van der Waals surface area contributed by atoms with E-state index < -0.39 is 11.8 Å². The number of anilines is 1. The van der Waals surface area contributed by atoms with Crippen molar-refractivity contribution in [3.63, 3.8) is 0 Å². The van der Waals surface area contributed by atoms with E-state index in [1.807, 2.05) is 0 Å². The van der Waals surface area contributed by atoms with Crippen molar-refractivity contribution in [2.45, 2.75) is 46.5 Å². The van der Waals surface area contributed by atoms with Gasteiger partial charge in [0.1, 0.15) is 0 Å². The molecule has 0 bridgehead atoms. The Morgan fingerprint density at radius 1 is 1.12 bits per heavy atom. The second-order valence-corrected chi connectivity index (χ2v) is 7.60. The zero-order valence-electron chi connectivity index (χ0n) is 14.4. The Bertz CT molecular complexity index is 640. The molecule has 2 rings (SSSR count). The van der Waals surface area contributed by atoms with Gasteiger partial charge in [-0.3, -0.25) is 9.59 Å². The maximum Gasteiger partial charge on any atom is 0.329 e. The number of hydrogen-bond donors (Lipinski definition) is 2. The quantitative estimate of drug-likeness (QED) is 0.626. The molecule has 6 heteroatoms. The standard InChI is InChI=1S/C18H24ClN3O2/c1-18(2,3)12-8-10-13(11-9-12)21-22-17(24)16(23)20-15-7-5-4-6-14(15)19/h4-7,12H,8-11H2,1-3H3,(H,20,23)(H,22,24). The summed E-state index contributed by atoms with van der Waals surface area (Å²) >= 11 is 5.95. The molecule has 0 unspecified atom stereocenters. The normalized spacial score (nSPS) is 18.0. The SMILES string of the molecule is CC(C)(C)C1CCC(=NNC(=O)C(=O)Nc2ccccc2Cl)CC1. The third-order valence-corrected chi connectivity index (χ3v) is 4.76. The van der Waals surface area contributed by atoms with Gasteiger partial charge in [0.15, 0.2) is 0 Å². The number of para-hydroxylation sites is 1. The molecule has 0 saturated heterocycles. The van der Waals surface area contributed by atoms with Gasteiger partial charge in [-0.15, -0.1) is 0 Å². The largest absolute Gasteiger partial charge is 0.329 e. The predicted octanol–water partition coefficient (Wildman–Crippen LogP) is 3.99. The summed E-state index contributed by atoms with van der Waals surface area (Å²) in [6, 6.07) is 6.75. The number of rotatable bonds is 2. The van der Waals surface area contributed by atoms with Crippen molar-refractivity contribution >= 4 is 34.8 Å². The van der Waals surface area contributed by atoms with E-state index in [-0.39, 0.29) is 0 Å². The van der Waals surface area contributed by atoms with E-state index in [0.29, 0.717) is 22.0 Å². The van der Waals surface area contributed by atoms with Gasteiger partial charge in [-0.05, 0) is 49.1 Å². The van der Waals surface area contributed by atoms with Crippen LogP contribution in [0.2, 0.25) is 5.02 Å². The van der Waals surface area contributed by atoms with Crippen LogP contribution < -0.4 is 10.7 Å². The number of carbonyl (C=O) groups is 2. The highest BCUT2D eigenvalue weighted by Gasteiger charge is 2.28. The van der Waals surface area contributed by atoms with Crippen LogP contribution >= 0.6 is 11.6 Å². The minimum atomic E-state index is -0.791. The predicted molar refractivity (Wildman–Crippen MR) is 97.1 cm³/mol. The third-order valence-electron chi connectivity index (χ3n) is 4.43. The summed E-state index contributed by atoms with van der Waals surface area (Å²) in [6.45, 7) is 6.75. The third kappa shape index (κ3) is 5.06. The van der Waals surface area contributed by atoms with Gasteiger partial charge in [-0.2, -0.15) is 5.10 Å². The lowest BCUT2D eigenvalue weighted by atomic mass is 9.72. The Labute approximate surface area is 147 Å². The number of nitrogens with zero attached hydrogens (tertiary/aromatic N) is 1. The van der Waals surface area contributed by atoms with E-state index in [4.69, 9.17) is 11.6 Å². The van der Waals surface area contributed by atoms with Crippen LogP contribution in [0.3, 0.4) is 0 Å². The van der Waals surface area contributed by atoms with Crippen molar-refractivity contribution in [2.24, 2.45) is 16.4 Å². The van der Waals surface area contributed by atoms with E-state index in [2.05, 4.69) is 36.6 Å². The van der Waals surface area contributed by atoms with Crippen LogP contribution in [-0.4, -0.2) is 17.5 Å². The fourth-order valence-corrected chi connectivity index (χ4v) is 3.03. The van der Waals surface area contributed by atoms with Crippen molar-refractivity contribution in [2.75, 3.05) is 5.32 Å². The van der Waals surface area contributed by atoms with Crippen LogP contribution in [0.25, 0.3) is 0 Å². The van der Waals surface area contributed by atoms with Crippen LogP contribution in [0.5, 0.6) is 0 Å². The van der Waals surface area contributed by atoms with Crippen LogP contribution in [0, 0.1) is 11.3 Å². The molecule has 1 aromatic carbocycles. The zero-order valence-corrected chi connectivity index (χ0v) is 15.1. The van der Waals surface area contributed by atoms with Gasteiger partial charge in [0.2, 0.25) is 0 Å². The Balaban J connectivity index is 1.85. The Morgan fingerprint density at radius 2 is 1.75 bits per heavy atom. The average Bonchev–Trinajstić information content (AvgIpc) is 2.54. The van der Waals surface area contributed by atoms with Crippen molar-refractivity contribution in [3.05, 3.63) is 29.3 Å². The highest BCUT2D eigenvalue weighted by Crippen LogP contribution is 2.36. The number of hydrazone groups is 1.